The molecule has 174 valence electrons. The van der Waals surface area contributed by atoms with E-state index in [-0.39, 0.29) is 24.0 Å². The van der Waals surface area contributed by atoms with Crippen molar-refractivity contribution in [3.63, 3.8) is 0 Å². The molecule has 0 bridgehead atoms. The van der Waals surface area contributed by atoms with Crippen LogP contribution >= 0.6 is 0 Å². The van der Waals surface area contributed by atoms with Crippen LogP contribution in [0.5, 0.6) is 0 Å². The molecule has 1 aliphatic heterocycles. The Morgan fingerprint density at radius 1 is 1.03 bits per heavy atom. The second-order valence-electron chi connectivity index (χ2n) is 9.49. The smallest absolute Gasteiger partial charge is 0.361 e. The van der Waals surface area contributed by atoms with E-state index in [1.54, 1.807) is 0 Å². The van der Waals surface area contributed by atoms with E-state index < -0.39 is 0 Å². The quantitative estimate of drug-likeness (QED) is 0.462. The molecule has 6 nitrogen and oxygen atoms in total. The molecule has 0 saturated carbocycles. The fourth-order valence-electron chi connectivity index (χ4n) is 4.97. The molecule has 6 heteroatoms. The van der Waals surface area contributed by atoms with Crippen molar-refractivity contribution in [2.24, 2.45) is 0 Å². The number of hydrogen-bond acceptors (Lipinski definition) is 2. The van der Waals surface area contributed by atoms with Gasteiger partial charge < -0.3 is 15.6 Å². The molecule has 1 fully saturated rings. The minimum absolute atomic E-state index is 0.0585. The Kier molecular flexibility index (Phi) is 6.84. The summed E-state index contributed by atoms with van der Waals surface area (Å²) in [6.07, 6.45) is 5.28. The number of benzene rings is 2. The summed E-state index contributed by atoms with van der Waals surface area (Å²) in [5.74, 6) is -0.155. The molecule has 33 heavy (non-hydrogen) atoms. The Morgan fingerprint density at radius 3 is 2.45 bits per heavy atom. The van der Waals surface area contributed by atoms with Crippen molar-refractivity contribution in [1.82, 2.24) is 15.6 Å². The molecule has 0 aliphatic carbocycles. The van der Waals surface area contributed by atoms with E-state index in [1.807, 2.05) is 61.7 Å². The standard InChI is InChI=1S/C27H34N4O2/c1-19(2)31(14-8-5-9-15-31)27(33)29-18-25(21-10-6-4-7-11-21)30-26(32)22-12-13-23-20(3)17-28-24(23)16-22/h4,6-7,10-13,16-17,19,25H,5,8-9,14-15,18H2,1-3H3,(H2-,28,29,30,32,33)/p+1/t25-/m0/s1. The largest absolute Gasteiger partial charge is 0.416 e. The average Bonchev–Trinajstić information content (AvgIpc) is 3.22. The van der Waals surface area contributed by atoms with E-state index >= 15 is 0 Å². The molecular formula is C27H35N4O2+. The van der Waals surface area contributed by atoms with Crippen LogP contribution in [0, 0.1) is 6.92 Å². The fourth-order valence-corrected chi connectivity index (χ4v) is 4.97. The molecule has 1 saturated heterocycles. The molecule has 2 aromatic carbocycles. The number of fused-ring (bicyclic) bond motifs is 1. The second kappa shape index (κ2) is 9.79. The van der Waals surface area contributed by atoms with Gasteiger partial charge >= 0.3 is 6.03 Å². The van der Waals surface area contributed by atoms with E-state index in [4.69, 9.17) is 0 Å². The van der Waals surface area contributed by atoms with E-state index in [9.17, 15) is 9.59 Å². The Balaban J connectivity index is 1.51. The number of H-pyrrole nitrogens is 1. The number of piperidine rings is 1. The van der Waals surface area contributed by atoms with Gasteiger partial charge in [0.05, 0.1) is 25.2 Å². The van der Waals surface area contributed by atoms with Gasteiger partial charge in [0, 0.05) is 29.2 Å². The second-order valence-corrected chi connectivity index (χ2v) is 9.49. The van der Waals surface area contributed by atoms with Gasteiger partial charge in [-0.15, -0.1) is 0 Å². The van der Waals surface area contributed by atoms with Gasteiger partial charge in [-0.1, -0.05) is 36.4 Å². The summed E-state index contributed by atoms with van der Waals surface area (Å²) in [6, 6.07) is 15.5. The van der Waals surface area contributed by atoms with Crippen LogP contribution in [0.1, 0.15) is 60.6 Å². The number of quaternary nitrogens is 1. The molecule has 2 heterocycles. The van der Waals surface area contributed by atoms with Crippen LogP contribution in [0.25, 0.3) is 10.9 Å². The van der Waals surface area contributed by atoms with Gasteiger partial charge in [0.2, 0.25) is 0 Å². The third-order valence-corrected chi connectivity index (χ3v) is 7.12. The number of rotatable bonds is 6. The molecular weight excluding hydrogens is 412 g/mol. The zero-order chi connectivity index (χ0) is 23.4. The third kappa shape index (κ3) is 4.81. The first-order valence-corrected chi connectivity index (χ1v) is 12.0. The Morgan fingerprint density at radius 2 is 1.76 bits per heavy atom. The molecule has 0 unspecified atom stereocenters. The van der Waals surface area contributed by atoms with Crippen molar-refractivity contribution < 1.29 is 14.1 Å². The number of nitrogens with one attached hydrogen (secondary N) is 3. The summed E-state index contributed by atoms with van der Waals surface area (Å²) in [5, 5.41) is 7.44. The maximum Gasteiger partial charge on any atom is 0.416 e. The van der Waals surface area contributed by atoms with Crippen molar-refractivity contribution in [1.29, 1.82) is 0 Å². The first-order valence-electron chi connectivity index (χ1n) is 12.0. The minimum Gasteiger partial charge on any atom is -0.361 e. The van der Waals surface area contributed by atoms with Gasteiger partial charge in [0.15, 0.2) is 0 Å². The average molecular weight is 448 g/mol. The highest BCUT2D eigenvalue weighted by Gasteiger charge is 2.41. The van der Waals surface area contributed by atoms with Crippen molar-refractivity contribution in [3.05, 3.63) is 71.4 Å². The summed E-state index contributed by atoms with van der Waals surface area (Å²) >= 11 is 0. The molecule has 1 aliphatic rings. The third-order valence-electron chi connectivity index (χ3n) is 7.12. The number of aryl methyl sites for hydroxylation is 1. The summed E-state index contributed by atoms with van der Waals surface area (Å²) in [4.78, 5) is 29.7. The topological polar surface area (TPSA) is 74.0 Å². The summed E-state index contributed by atoms with van der Waals surface area (Å²) in [5.41, 5.74) is 3.66. The first-order chi connectivity index (χ1) is 15.9. The fraction of sp³-hybridized carbons (Fsp3) is 0.407. The lowest BCUT2D eigenvalue weighted by Crippen LogP contribution is -2.63. The van der Waals surface area contributed by atoms with Crippen molar-refractivity contribution in [3.8, 4) is 0 Å². The minimum atomic E-state index is -0.319. The van der Waals surface area contributed by atoms with Crippen LogP contribution in [0.3, 0.4) is 0 Å². The van der Waals surface area contributed by atoms with Crippen LogP contribution in [0.15, 0.2) is 54.7 Å². The van der Waals surface area contributed by atoms with Crippen LogP contribution in [-0.4, -0.2) is 47.1 Å². The van der Waals surface area contributed by atoms with E-state index in [1.165, 1.54) is 6.42 Å². The van der Waals surface area contributed by atoms with Crippen molar-refractivity contribution in [2.75, 3.05) is 19.6 Å². The Hall–Kier alpha value is -3.12. The zero-order valence-electron chi connectivity index (χ0n) is 19.9. The zero-order valence-corrected chi connectivity index (χ0v) is 19.9. The van der Waals surface area contributed by atoms with Crippen molar-refractivity contribution in [2.45, 2.75) is 52.1 Å². The number of aromatic amines is 1. The highest BCUT2D eigenvalue weighted by molar-refractivity contribution is 5.98. The number of urea groups is 1. The SMILES string of the molecule is Cc1c[nH]c2cc(C(=O)N[C@@H](CNC(=O)[N+]3(C(C)C)CCCCC3)c3ccccc3)ccc12. The number of carbonyl (C=O) groups excluding carboxylic acids is 2. The molecule has 3 aromatic rings. The number of nitrogens with zero attached hydrogens (tertiary/aromatic N) is 1. The van der Waals surface area contributed by atoms with Crippen LogP contribution in [0.4, 0.5) is 4.79 Å². The normalized spacial score (nSPS) is 16.5. The summed E-state index contributed by atoms with van der Waals surface area (Å²) < 4.78 is 0.471. The maximum atomic E-state index is 13.3. The van der Waals surface area contributed by atoms with Gasteiger partial charge in [-0.3, -0.25) is 4.79 Å². The van der Waals surface area contributed by atoms with Crippen molar-refractivity contribution >= 4 is 22.8 Å². The Labute approximate surface area is 196 Å². The predicted octanol–water partition coefficient (Wildman–Crippen LogP) is 5.07. The van der Waals surface area contributed by atoms with Gasteiger partial charge in [0.1, 0.15) is 0 Å². The number of amides is 3. The maximum absolute atomic E-state index is 13.3. The molecule has 1 aromatic heterocycles. The van der Waals surface area contributed by atoms with E-state index in [0.29, 0.717) is 16.6 Å². The number of likely N-dealkylation sites (tertiary alicyclic amines) is 1. The molecule has 0 spiro atoms. The number of hydrogen-bond donors (Lipinski definition) is 3. The molecule has 3 N–H and O–H groups in total. The van der Waals surface area contributed by atoms with E-state index in [0.717, 1.165) is 48.0 Å². The summed E-state index contributed by atoms with van der Waals surface area (Å²) in [7, 11) is 0. The van der Waals surface area contributed by atoms with Gasteiger partial charge in [-0.05, 0) is 63.3 Å². The van der Waals surface area contributed by atoms with Crippen LogP contribution in [-0.2, 0) is 0 Å². The molecule has 3 amide bonds. The monoisotopic (exact) mass is 447 g/mol. The molecule has 4 rings (SSSR count). The highest BCUT2D eigenvalue weighted by atomic mass is 16.2. The first kappa shape index (κ1) is 23.1. The van der Waals surface area contributed by atoms with Gasteiger partial charge in [-0.25, -0.2) is 9.28 Å². The lowest BCUT2D eigenvalue weighted by molar-refractivity contribution is -0.876. The predicted molar refractivity (Wildman–Crippen MR) is 132 cm³/mol. The van der Waals surface area contributed by atoms with Gasteiger partial charge in [0.25, 0.3) is 5.91 Å². The van der Waals surface area contributed by atoms with Gasteiger partial charge in [-0.2, -0.15) is 0 Å². The Bertz CT molecular complexity index is 1110. The van der Waals surface area contributed by atoms with Crippen LogP contribution in [0.2, 0.25) is 0 Å². The molecule has 1 atom stereocenters. The van der Waals surface area contributed by atoms with Crippen LogP contribution < -0.4 is 10.6 Å². The van der Waals surface area contributed by atoms with E-state index in [2.05, 4.69) is 29.5 Å². The summed E-state index contributed by atoms with van der Waals surface area (Å²) in [6.45, 7) is 8.40. The molecule has 0 radical (unpaired) electrons. The number of carbonyl (C=O) groups is 2. The lowest BCUT2D eigenvalue weighted by Gasteiger charge is -2.42. The number of aromatic nitrogens is 1. The highest BCUT2D eigenvalue weighted by Crippen LogP contribution is 2.24. The lowest BCUT2D eigenvalue weighted by atomic mass is 10.0.